The number of aromatic hydroxyl groups is 1. The first-order chi connectivity index (χ1) is 14.8. The number of hydrogen-bond donors (Lipinski definition) is 3. The van der Waals surface area contributed by atoms with Crippen LogP contribution < -0.4 is 10.6 Å². The molecule has 1 aliphatic rings. The van der Waals surface area contributed by atoms with Crippen LogP contribution in [0.3, 0.4) is 0 Å². The predicted molar refractivity (Wildman–Crippen MR) is 117 cm³/mol. The highest BCUT2D eigenvalue weighted by molar-refractivity contribution is 8.01. The summed E-state index contributed by atoms with van der Waals surface area (Å²) >= 11 is 1.24. The quantitative estimate of drug-likeness (QED) is 0.595. The van der Waals surface area contributed by atoms with Gasteiger partial charge < -0.3 is 25.2 Å². The van der Waals surface area contributed by atoms with Crippen molar-refractivity contribution < 1.29 is 24.0 Å². The number of hydrogen-bond acceptors (Lipinski definition) is 7. The van der Waals surface area contributed by atoms with Gasteiger partial charge in [-0.05, 0) is 38.8 Å². The molecule has 0 saturated carbocycles. The molecule has 1 atom stereocenters. The summed E-state index contributed by atoms with van der Waals surface area (Å²) in [5.41, 5.74) is 0.287. The van der Waals surface area contributed by atoms with Gasteiger partial charge in [0.05, 0.1) is 16.6 Å². The lowest BCUT2D eigenvalue weighted by atomic mass is 10.0. The Balaban J connectivity index is 1.38. The van der Waals surface area contributed by atoms with E-state index in [9.17, 15) is 19.5 Å². The lowest BCUT2D eigenvalue weighted by Crippen LogP contribution is -2.47. The van der Waals surface area contributed by atoms with Gasteiger partial charge in [0, 0.05) is 25.2 Å². The molecule has 0 radical (unpaired) electrons. The summed E-state index contributed by atoms with van der Waals surface area (Å²) in [6.45, 7) is 4.46. The van der Waals surface area contributed by atoms with Gasteiger partial charge in [-0.1, -0.05) is 17.3 Å². The molecular weight excluding hydrogens is 420 g/mol. The summed E-state index contributed by atoms with van der Waals surface area (Å²) in [4.78, 5) is 38.7. The maximum absolute atomic E-state index is 12.6. The number of phenolic OH excluding ortho intramolecular Hbond substituents is 1. The number of amides is 3. The van der Waals surface area contributed by atoms with Crippen LogP contribution in [0.4, 0.5) is 5.82 Å². The third kappa shape index (κ3) is 6.24. The number of piperidine rings is 1. The average Bonchev–Trinajstić information content (AvgIpc) is 3.17. The molecule has 1 fully saturated rings. The topological polar surface area (TPSA) is 125 Å². The Morgan fingerprint density at radius 1 is 1.29 bits per heavy atom. The minimum atomic E-state index is -0.430. The van der Waals surface area contributed by atoms with Crippen molar-refractivity contribution in [1.82, 2.24) is 15.4 Å². The predicted octanol–water partition coefficient (Wildman–Crippen LogP) is 2.17. The van der Waals surface area contributed by atoms with Gasteiger partial charge in [-0.25, -0.2) is 0 Å². The molecule has 1 aromatic carbocycles. The number of nitrogens with zero attached hydrogens (tertiary/aromatic N) is 2. The number of para-hydroxylation sites is 1. The van der Waals surface area contributed by atoms with Gasteiger partial charge >= 0.3 is 0 Å². The molecule has 3 amide bonds. The van der Waals surface area contributed by atoms with Gasteiger partial charge in [0.1, 0.15) is 11.5 Å². The minimum Gasteiger partial charge on any atom is -0.507 e. The van der Waals surface area contributed by atoms with Gasteiger partial charge in [0.2, 0.25) is 11.8 Å². The van der Waals surface area contributed by atoms with E-state index in [1.165, 1.54) is 17.8 Å². The Morgan fingerprint density at radius 2 is 2.00 bits per heavy atom. The molecule has 1 aromatic heterocycles. The number of anilines is 1. The van der Waals surface area contributed by atoms with Gasteiger partial charge in [-0.2, -0.15) is 0 Å². The van der Waals surface area contributed by atoms with Crippen molar-refractivity contribution in [3.8, 4) is 5.75 Å². The van der Waals surface area contributed by atoms with Crippen molar-refractivity contribution in [3.63, 3.8) is 0 Å². The molecule has 1 saturated heterocycles. The molecule has 2 aromatic rings. The molecule has 3 rings (SSSR count). The molecule has 2 heterocycles. The zero-order valence-corrected chi connectivity index (χ0v) is 18.3. The van der Waals surface area contributed by atoms with Crippen LogP contribution >= 0.6 is 11.8 Å². The average molecular weight is 447 g/mol. The summed E-state index contributed by atoms with van der Waals surface area (Å²) in [6.07, 6.45) is 1.27. The summed E-state index contributed by atoms with van der Waals surface area (Å²) in [5, 5.41) is 18.8. The van der Waals surface area contributed by atoms with Crippen molar-refractivity contribution in [2.24, 2.45) is 0 Å². The highest BCUT2D eigenvalue weighted by atomic mass is 32.2. The Kier molecular flexibility index (Phi) is 7.56. The summed E-state index contributed by atoms with van der Waals surface area (Å²) in [6, 6.07) is 8.08. The number of phenols is 1. The van der Waals surface area contributed by atoms with E-state index in [2.05, 4.69) is 15.8 Å². The van der Waals surface area contributed by atoms with Crippen molar-refractivity contribution in [1.29, 1.82) is 0 Å². The molecule has 0 bridgehead atoms. The largest absolute Gasteiger partial charge is 0.507 e. The Labute approximate surface area is 184 Å². The molecule has 9 nitrogen and oxygen atoms in total. The highest BCUT2D eigenvalue weighted by Gasteiger charge is 2.26. The number of nitrogens with one attached hydrogen (secondary N) is 2. The highest BCUT2D eigenvalue weighted by Crippen LogP contribution is 2.21. The first kappa shape index (κ1) is 22.7. The standard InChI is InChI=1S/C21H26N4O5S/c1-13-11-18(24-30-13)23-20(28)14(2)31-12-19(27)22-15-7-9-25(10-8-15)21(29)16-5-3-4-6-17(16)26/h3-6,11,14-15,26H,7-10,12H2,1-2H3,(H,22,27)(H,23,24,28)/t14-/m1/s1. The number of benzene rings is 1. The number of rotatable bonds is 7. The number of carbonyl (C=O) groups is 3. The maximum Gasteiger partial charge on any atom is 0.257 e. The SMILES string of the molecule is Cc1cc(NC(=O)[C@@H](C)SCC(=O)NC2CCN(C(=O)c3ccccc3O)CC2)no1. The van der Waals surface area contributed by atoms with Crippen molar-refractivity contribution >= 4 is 35.3 Å². The van der Waals surface area contributed by atoms with Crippen molar-refractivity contribution in [2.45, 2.75) is 38.0 Å². The second-order valence-electron chi connectivity index (χ2n) is 7.42. The molecule has 0 unspecified atom stereocenters. The summed E-state index contributed by atoms with van der Waals surface area (Å²) in [7, 11) is 0. The molecule has 0 spiro atoms. The Hall–Kier alpha value is -3.01. The second-order valence-corrected chi connectivity index (χ2v) is 8.75. The Bertz CT molecular complexity index is 939. The fraction of sp³-hybridized carbons (Fsp3) is 0.429. The zero-order chi connectivity index (χ0) is 22.4. The normalized spacial score (nSPS) is 15.4. The molecule has 1 aliphatic heterocycles. The van der Waals surface area contributed by atoms with Crippen LogP contribution in [-0.2, 0) is 9.59 Å². The van der Waals surface area contributed by atoms with Crippen molar-refractivity contribution in [2.75, 3.05) is 24.2 Å². The van der Waals surface area contributed by atoms with E-state index >= 15 is 0 Å². The van der Waals surface area contributed by atoms with Crippen LogP contribution in [0, 0.1) is 6.92 Å². The summed E-state index contributed by atoms with van der Waals surface area (Å²) in [5.74, 6) is 0.475. The fourth-order valence-corrected chi connectivity index (χ4v) is 3.95. The molecular formula is C21H26N4O5S. The van der Waals surface area contributed by atoms with E-state index in [0.29, 0.717) is 37.5 Å². The van der Waals surface area contributed by atoms with E-state index < -0.39 is 5.25 Å². The second kappa shape index (κ2) is 10.3. The summed E-state index contributed by atoms with van der Waals surface area (Å²) < 4.78 is 4.91. The van der Waals surface area contributed by atoms with Crippen LogP contribution in [0.1, 0.15) is 35.9 Å². The molecule has 166 valence electrons. The first-order valence-electron chi connectivity index (χ1n) is 10.1. The number of carbonyl (C=O) groups excluding carboxylic acids is 3. The molecule has 0 aliphatic carbocycles. The lowest BCUT2D eigenvalue weighted by molar-refractivity contribution is -0.119. The van der Waals surface area contributed by atoms with Gasteiger partial charge in [-0.15, -0.1) is 11.8 Å². The smallest absolute Gasteiger partial charge is 0.257 e. The first-order valence-corrected chi connectivity index (χ1v) is 11.1. The maximum atomic E-state index is 12.6. The van der Waals surface area contributed by atoms with E-state index in [1.807, 2.05) is 0 Å². The van der Waals surface area contributed by atoms with Crippen molar-refractivity contribution in [3.05, 3.63) is 41.7 Å². The monoisotopic (exact) mass is 446 g/mol. The van der Waals surface area contributed by atoms with Gasteiger partial charge in [0.25, 0.3) is 5.91 Å². The van der Waals surface area contributed by atoms with E-state index in [4.69, 9.17) is 4.52 Å². The van der Waals surface area contributed by atoms with Gasteiger partial charge in [-0.3, -0.25) is 14.4 Å². The Morgan fingerprint density at radius 3 is 2.65 bits per heavy atom. The molecule has 3 N–H and O–H groups in total. The third-order valence-corrected chi connectivity index (χ3v) is 6.14. The van der Waals surface area contributed by atoms with Crippen LogP contribution in [0.15, 0.2) is 34.9 Å². The fourth-order valence-electron chi connectivity index (χ4n) is 3.25. The third-order valence-electron chi connectivity index (χ3n) is 4.99. The van der Waals surface area contributed by atoms with Crippen LogP contribution in [0.2, 0.25) is 0 Å². The lowest BCUT2D eigenvalue weighted by Gasteiger charge is -2.32. The number of likely N-dealkylation sites (tertiary alicyclic amines) is 1. The molecule has 31 heavy (non-hydrogen) atoms. The zero-order valence-electron chi connectivity index (χ0n) is 17.5. The number of aryl methyl sites for hydroxylation is 1. The van der Waals surface area contributed by atoms with Crippen LogP contribution in [-0.4, -0.2) is 63.0 Å². The van der Waals surface area contributed by atoms with E-state index in [-0.39, 0.29) is 40.8 Å². The van der Waals surface area contributed by atoms with Gasteiger partial charge in [0.15, 0.2) is 5.82 Å². The van der Waals surface area contributed by atoms with E-state index in [1.54, 1.807) is 43.0 Å². The van der Waals surface area contributed by atoms with E-state index in [0.717, 1.165) is 0 Å². The number of aromatic nitrogens is 1. The van der Waals surface area contributed by atoms with Crippen LogP contribution in [0.25, 0.3) is 0 Å². The minimum absolute atomic E-state index is 0.0243. The molecule has 10 heteroatoms. The van der Waals surface area contributed by atoms with Crippen LogP contribution in [0.5, 0.6) is 5.75 Å². The number of thioether (sulfide) groups is 1.